The number of rotatable bonds is 14. The van der Waals surface area contributed by atoms with E-state index in [1.807, 2.05) is 66.2 Å². The SMILES string of the molecule is COc1ccc([C@@H]2O[C@H](CO)[C@@H](O)[C@H](O)[C@H]2O)cc1Cc1ccc2c(c1)NCCS2.CSc1ccc([C@@H]2O[C@H](CO)[C@@H](O)[C@H](O)[C@H]2O)cc1Cc1ccc2c(c1)CCCO2.OC[C@H]1O[C@@H](c2ccc(Cl)c(Cc3ccc4c(c3)NCCS4)c2)[C@H](O)[C@@H](O)[C@@H]1O. The molecule has 3 fully saturated rings. The predicted octanol–water partition coefficient (Wildman–Crippen LogP) is 5.12. The van der Waals surface area contributed by atoms with Crippen LogP contribution in [0.4, 0.5) is 11.4 Å². The Morgan fingerprint density at radius 3 is 1.47 bits per heavy atom. The van der Waals surface area contributed by atoms with Crippen LogP contribution < -0.4 is 20.1 Å². The van der Waals surface area contributed by atoms with Gasteiger partial charge in [0.15, 0.2) is 0 Å². The molecule has 0 radical (unpaired) electrons. The molecular formula is C66H79ClN2O17S3. The maximum atomic E-state index is 10.5. The lowest BCUT2D eigenvalue weighted by Crippen LogP contribution is -2.55. The Labute approximate surface area is 535 Å². The van der Waals surface area contributed by atoms with Crippen LogP contribution in [0.1, 0.15) is 80.4 Å². The molecule has 6 aromatic rings. The first-order chi connectivity index (χ1) is 43.0. The van der Waals surface area contributed by atoms with Crippen LogP contribution in [-0.4, -0.2) is 199 Å². The van der Waals surface area contributed by atoms with Gasteiger partial charge in [0, 0.05) is 62.1 Å². The van der Waals surface area contributed by atoms with Gasteiger partial charge >= 0.3 is 0 Å². The predicted molar refractivity (Wildman–Crippen MR) is 341 cm³/mol. The summed E-state index contributed by atoms with van der Waals surface area (Å²) in [6, 6.07) is 35.6. The van der Waals surface area contributed by atoms with Crippen LogP contribution in [-0.2, 0) is 39.9 Å². The minimum atomic E-state index is -1.41. The van der Waals surface area contributed by atoms with Crippen LogP contribution >= 0.6 is 46.9 Å². The van der Waals surface area contributed by atoms with Crippen molar-refractivity contribution in [2.75, 3.05) is 75.0 Å². The number of methoxy groups -OCH3 is 1. The van der Waals surface area contributed by atoms with Crippen LogP contribution in [0, 0.1) is 0 Å². The maximum absolute atomic E-state index is 10.5. The van der Waals surface area contributed by atoms with E-state index in [0.29, 0.717) is 46.7 Å². The monoisotopic (exact) mass is 1300 g/mol. The average Bonchev–Trinajstić information content (AvgIpc) is 1.51. The minimum Gasteiger partial charge on any atom is -0.496 e. The van der Waals surface area contributed by atoms with E-state index in [0.717, 1.165) is 93.9 Å². The second-order valence-electron chi connectivity index (χ2n) is 22.9. The Balaban J connectivity index is 0.000000147. The molecule has 0 aliphatic carbocycles. The van der Waals surface area contributed by atoms with Gasteiger partial charge in [-0.25, -0.2) is 0 Å². The normalized spacial score (nSPS) is 28.8. The third-order valence-electron chi connectivity index (χ3n) is 16.9. The van der Waals surface area contributed by atoms with Gasteiger partial charge in [0.1, 0.15) is 103 Å². The van der Waals surface area contributed by atoms with Crippen molar-refractivity contribution in [3.8, 4) is 11.5 Å². The van der Waals surface area contributed by atoms with Gasteiger partial charge in [-0.2, -0.15) is 0 Å². The average molecular weight is 1300 g/mol. The van der Waals surface area contributed by atoms with Gasteiger partial charge in [-0.3, -0.25) is 0 Å². The molecular weight excluding hydrogens is 1220 g/mol. The molecule has 89 heavy (non-hydrogen) atoms. The molecule has 6 aliphatic heterocycles. The van der Waals surface area contributed by atoms with Crippen molar-refractivity contribution < 1.29 is 85.0 Å². The summed E-state index contributed by atoms with van der Waals surface area (Å²) < 4.78 is 28.4. The number of fused-ring (bicyclic) bond motifs is 3. The number of hydrogen-bond acceptors (Lipinski definition) is 22. The first-order valence-electron chi connectivity index (χ1n) is 29.8. The number of aliphatic hydroxyl groups is 12. The number of nitrogens with one attached hydrogen (secondary N) is 2. The molecule has 23 heteroatoms. The Kier molecular flexibility index (Phi) is 23.2. The summed E-state index contributed by atoms with van der Waals surface area (Å²) in [5.74, 6) is 3.79. The minimum absolute atomic E-state index is 0.436. The summed E-state index contributed by atoms with van der Waals surface area (Å²) in [6.07, 6.45) is -11.6. The molecule has 12 rings (SSSR count). The van der Waals surface area contributed by atoms with Crippen LogP contribution in [0.2, 0.25) is 5.02 Å². The number of anilines is 2. The van der Waals surface area contributed by atoms with E-state index in [1.54, 1.807) is 43.1 Å². The van der Waals surface area contributed by atoms with Crippen molar-refractivity contribution in [1.29, 1.82) is 0 Å². The van der Waals surface area contributed by atoms with Crippen molar-refractivity contribution in [3.63, 3.8) is 0 Å². The van der Waals surface area contributed by atoms with Gasteiger partial charge in [-0.1, -0.05) is 66.2 Å². The number of benzene rings is 6. The molecule has 0 bridgehead atoms. The zero-order valence-corrected chi connectivity index (χ0v) is 52.5. The van der Waals surface area contributed by atoms with Gasteiger partial charge in [0.05, 0.1) is 33.5 Å². The van der Waals surface area contributed by atoms with E-state index in [9.17, 15) is 61.3 Å². The Morgan fingerprint density at radius 2 is 0.966 bits per heavy atom. The molecule has 19 nitrogen and oxygen atoms in total. The van der Waals surface area contributed by atoms with Crippen LogP contribution in [0.25, 0.3) is 0 Å². The zero-order valence-electron chi connectivity index (χ0n) is 49.3. The second kappa shape index (κ2) is 30.8. The van der Waals surface area contributed by atoms with Crippen molar-refractivity contribution in [2.45, 2.75) is 138 Å². The van der Waals surface area contributed by atoms with E-state index >= 15 is 0 Å². The number of aryl methyl sites for hydroxylation is 1. The van der Waals surface area contributed by atoms with Crippen LogP contribution in [0.15, 0.2) is 124 Å². The number of thioether (sulfide) groups is 3. The summed E-state index contributed by atoms with van der Waals surface area (Å²) in [5.41, 5.74) is 11.7. The Morgan fingerprint density at radius 1 is 0.517 bits per heavy atom. The lowest BCUT2D eigenvalue weighted by molar-refractivity contribution is -0.231. The fourth-order valence-corrected chi connectivity index (χ4v) is 14.6. The van der Waals surface area contributed by atoms with Gasteiger partial charge in [0.25, 0.3) is 0 Å². The largest absolute Gasteiger partial charge is 0.496 e. The molecule has 0 amide bonds. The molecule has 6 heterocycles. The topological polar surface area (TPSA) is 313 Å². The second-order valence-corrected chi connectivity index (χ2v) is 26.4. The van der Waals surface area contributed by atoms with Crippen LogP contribution in [0.5, 0.6) is 11.5 Å². The molecule has 480 valence electrons. The van der Waals surface area contributed by atoms with Crippen molar-refractivity contribution >= 4 is 58.3 Å². The molecule has 3 saturated heterocycles. The highest BCUT2D eigenvalue weighted by molar-refractivity contribution is 7.99. The smallest absolute Gasteiger partial charge is 0.122 e. The lowest BCUT2D eigenvalue weighted by atomic mass is 9.90. The summed E-state index contributed by atoms with van der Waals surface area (Å²) in [7, 11) is 1.61. The van der Waals surface area contributed by atoms with Gasteiger partial charge in [-0.05, 0) is 142 Å². The van der Waals surface area contributed by atoms with Crippen molar-refractivity contribution in [2.24, 2.45) is 0 Å². The first kappa shape index (κ1) is 67.2. The fraction of sp³-hybridized carbons (Fsp3) is 0.455. The third kappa shape index (κ3) is 15.5. The van der Waals surface area contributed by atoms with E-state index in [-0.39, 0.29) is 0 Å². The number of halogens is 1. The maximum Gasteiger partial charge on any atom is 0.122 e. The summed E-state index contributed by atoms with van der Waals surface area (Å²) >= 11 is 11.7. The fourth-order valence-electron chi connectivity index (χ4n) is 12.0. The molecule has 0 aromatic heterocycles. The molecule has 0 unspecified atom stereocenters. The van der Waals surface area contributed by atoms with Crippen LogP contribution in [0.3, 0.4) is 0 Å². The number of aliphatic hydroxyl groups excluding tert-OH is 12. The molecule has 6 aliphatic rings. The third-order valence-corrected chi connectivity index (χ3v) is 20.3. The molecule has 0 saturated carbocycles. The summed E-state index contributed by atoms with van der Waals surface area (Å²) in [6.45, 7) is 1.30. The van der Waals surface area contributed by atoms with E-state index < -0.39 is 111 Å². The molecule has 6 aromatic carbocycles. The van der Waals surface area contributed by atoms with E-state index in [1.165, 1.54) is 20.9 Å². The van der Waals surface area contributed by atoms with Crippen molar-refractivity contribution in [3.05, 3.63) is 170 Å². The van der Waals surface area contributed by atoms with Gasteiger partial charge < -0.3 is 95.6 Å². The highest BCUT2D eigenvalue weighted by Crippen LogP contribution is 2.41. The summed E-state index contributed by atoms with van der Waals surface area (Å²) in [4.78, 5) is 3.60. The van der Waals surface area contributed by atoms with E-state index in [2.05, 4.69) is 59.2 Å². The summed E-state index contributed by atoms with van der Waals surface area (Å²) in [5, 5.41) is 127. The molecule has 14 N–H and O–H groups in total. The Bertz CT molecular complexity index is 3200. The Hall–Kier alpha value is -4.74. The van der Waals surface area contributed by atoms with Gasteiger partial charge in [-0.15, -0.1) is 35.3 Å². The van der Waals surface area contributed by atoms with Crippen molar-refractivity contribution in [1.82, 2.24) is 0 Å². The number of ether oxygens (including phenoxy) is 5. The highest BCUT2D eigenvalue weighted by atomic mass is 35.5. The molecule has 15 atom stereocenters. The van der Waals surface area contributed by atoms with E-state index in [4.69, 9.17) is 35.3 Å². The number of hydrogen-bond donors (Lipinski definition) is 14. The highest BCUT2D eigenvalue weighted by Gasteiger charge is 2.46. The lowest BCUT2D eigenvalue weighted by Gasteiger charge is -2.40. The van der Waals surface area contributed by atoms with Gasteiger partial charge in [0.2, 0.25) is 0 Å². The standard InChI is InChI=1S/C23H28O6S.C22H27NO6S.C21H24ClNO5S/c1-30-19-7-5-15(23-22(27)21(26)20(25)18(12-24)29-23)11-16(19)10-13-4-6-17-14(9-13)3-2-8-28-17;1-28-16-4-3-13(22-21(27)20(26)19(25)17(11-24)29-22)10-14(16)8-12-2-5-18-15(9-12)23-6-7-30-18;22-14-3-2-12(21-20(27)19(26)18(25)16(10-24)28-21)9-13(14)7-11-1-4-17-15(8-11)23-5-6-29-17/h4-7,9,11,18,20-27H,2-3,8,10,12H2,1H3;2-5,9-10,17,19-27H,6-8,11H2,1H3;1-4,8-9,16,18-21,23-27H,5-7,10H2/t18-,20-,21+,22-,23+;17-,19-,20+,21-,22+;16-,18-,19+,20-,21+/m111/s1. The first-order valence-corrected chi connectivity index (χ1v) is 33.4. The quantitative estimate of drug-likeness (QED) is 0.0630. The molecule has 0 spiro atoms. The zero-order chi connectivity index (χ0) is 63.0.